The average Bonchev–Trinajstić information content (AvgIpc) is 2.69. The molecule has 1 N–H and O–H groups in total. The second kappa shape index (κ2) is 7.13. The van der Waals surface area contributed by atoms with Crippen molar-refractivity contribution in [3.05, 3.63) is 101 Å². The van der Waals surface area contributed by atoms with Crippen molar-refractivity contribution in [3.63, 3.8) is 0 Å². The minimum atomic E-state index is -0.926. The molecule has 3 nitrogen and oxygen atoms in total. The number of hydrogen-bond acceptors (Lipinski definition) is 3. The molecule has 124 valence electrons. The highest BCUT2D eigenvalue weighted by molar-refractivity contribution is 8.14. The summed E-state index contributed by atoms with van der Waals surface area (Å²) in [5.74, 6) is 1.57. The number of rotatable bonds is 3. The molecule has 5 heteroatoms. The maximum atomic E-state index is 6.02. The molecule has 0 aromatic heterocycles. The van der Waals surface area contributed by atoms with Crippen LogP contribution in [0.2, 0.25) is 5.02 Å². The average molecular weight is 366 g/mol. The molecular weight excluding hydrogens is 350 g/mol. The highest BCUT2D eigenvalue weighted by atomic mass is 35.5. The molecule has 1 atom stereocenters. The van der Waals surface area contributed by atoms with Crippen molar-refractivity contribution in [2.24, 2.45) is 9.39 Å². The Kier molecular flexibility index (Phi) is 4.55. The standard InChI is InChI=1S/C20H16ClN3S/c21-17-13-11-16(12-14-17)20-22-19(15-7-3-1-4-8-15)23-25(24-20)18-9-5-2-6-10-18/h1-14,25H,(H,22,23,24). The molecule has 0 bridgehead atoms. The van der Waals surface area contributed by atoms with Crippen LogP contribution < -0.4 is 4.72 Å². The lowest BCUT2D eigenvalue weighted by Gasteiger charge is -2.26. The van der Waals surface area contributed by atoms with E-state index in [1.54, 1.807) is 0 Å². The van der Waals surface area contributed by atoms with Gasteiger partial charge in [-0.15, -0.1) is 0 Å². The van der Waals surface area contributed by atoms with Gasteiger partial charge in [0.2, 0.25) is 0 Å². The third kappa shape index (κ3) is 3.60. The number of nitrogens with zero attached hydrogens (tertiary/aromatic N) is 2. The molecular formula is C20H16ClN3S. The van der Waals surface area contributed by atoms with E-state index in [9.17, 15) is 0 Å². The van der Waals surface area contributed by atoms with E-state index in [-0.39, 0.29) is 0 Å². The van der Waals surface area contributed by atoms with Crippen LogP contribution in [0.3, 0.4) is 0 Å². The van der Waals surface area contributed by atoms with Gasteiger partial charge in [-0.05, 0) is 36.4 Å². The Morgan fingerprint density at radius 1 is 0.720 bits per heavy atom. The summed E-state index contributed by atoms with van der Waals surface area (Å²) >= 11 is 5.09. The van der Waals surface area contributed by atoms with Crippen LogP contribution in [-0.4, -0.2) is 11.7 Å². The van der Waals surface area contributed by atoms with Crippen molar-refractivity contribution in [2.75, 3.05) is 0 Å². The summed E-state index contributed by atoms with van der Waals surface area (Å²) in [5, 5.41) is 0.711. The number of halogens is 1. The number of thiol groups is 1. The maximum Gasteiger partial charge on any atom is 0.169 e. The molecule has 1 heterocycles. The van der Waals surface area contributed by atoms with Crippen LogP contribution in [0.15, 0.2) is 99.2 Å². The Morgan fingerprint density at radius 3 is 2.04 bits per heavy atom. The summed E-state index contributed by atoms with van der Waals surface area (Å²) in [4.78, 5) is 5.92. The van der Waals surface area contributed by atoms with Gasteiger partial charge in [-0.1, -0.05) is 71.4 Å². The van der Waals surface area contributed by atoms with Gasteiger partial charge in [0.05, 0.1) is 0 Å². The summed E-state index contributed by atoms with van der Waals surface area (Å²) in [5.41, 5.74) is 2.01. The number of benzene rings is 3. The second-order valence-corrected chi connectivity index (χ2v) is 7.52. The first-order chi connectivity index (χ1) is 12.3. The lowest BCUT2D eigenvalue weighted by molar-refractivity contribution is 1.32. The van der Waals surface area contributed by atoms with Gasteiger partial charge in [0.15, 0.2) is 5.84 Å². The van der Waals surface area contributed by atoms with Gasteiger partial charge in [-0.2, -0.15) is 4.40 Å². The van der Waals surface area contributed by atoms with Crippen LogP contribution >= 0.6 is 22.9 Å². The van der Waals surface area contributed by atoms with Crippen molar-refractivity contribution in [1.82, 2.24) is 4.72 Å². The second-order valence-electron chi connectivity index (χ2n) is 5.52. The highest BCUT2D eigenvalue weighted by Crippen LogP contribution is 2.37. The first kappa shape index (κ1) is 15.9. The molecule has 0 amide bonds. The molecule has 0 radical (unpaired) electrons. The van der Waals surface area contributed by atoms with Crippen molar-refractivity contribution >= 4 is 34.5 Å². The largest absolute Gasteiger partial charge is 0.313 e. The lowest BCUT2D eigenvalue weighted by Crippen LogP contribution is -2.26. The van der Waals surface area contributed by atoms with Gasteiger partial charge in [-0.25, -0.2) is 4.99 Å². The van der Waals surface area contributed by atoms with E-state index in [2.05, 4.69) is 16.9 Å². The number of amidine groups is 2. The Balaban J connectivity index is 1.78. The minimum Gasteiger partial charge on any atom is -0.313 e. The van der Waals surface area contributed by atoms with Crippen LogP contribution in [0, 0.1) is 0 Å². The van der Waals surface area contributed by atoms with Crippen LogP contribution in [0.4, 0.5) is 0 Å². The van der Waals surface area contributed by atoms with Crippen LogP contribution in [-0.2, 0) is 0 Å². The van der Waals surface area contributed by atoms with Gasteiger partial charge in [0.1, 0.15) is 5.84 Å². The molecule has 3 aromatic rings. The molecule has 0 fully saturated rings. The molecule has 0 saturated carbocycles. The third-order valence-corrected chi connectivity index (χ3v) is 5.63. The molecule has 1 unspecified atom stereocenters. The van der Waals surface area contributed by atoms with Gasteiger partial charge in [-0.3, -0.25) is 0 Å². The van der Waals surface area contributed by atoms with Crippen LogP contribution in [0.1, 0.15) is 11.1 Å². The topological polar surface area (TPSA) is 36.8 Å². The summed E-state index contributed by atoms with van der Waals surface area (Å²) in [6.07, 6.45) is 0. The normalized spacial score (nSPS) is 18.0. The van der Waals surface area contributed by atoms with Crippen LogP contribution in [0.5, 0.6) is 0 Å². The zero-order valence-corrected chi connectivity index (χ0v) is 15.0. The maximum absolute atomic E-state index is 6.02. The number of hydrogen-bond donors (Lipinski definition) is 2. The fraction of sp³-hybridized carbons (Fsp3) is 0. The zero-order valence-electron chi connectivity index (χ0n) is 13.3. The summed E-state index contributed by atoms with van der Waals surface area (Å²) in [6, 6.07) is 28.0. The van der Waals surface area contributed by atoms with E-state index in [1.807, 2.05) is 72.8 Å². The van der Waals surface area contributed by atoms with E-state index in [4.69, 9.17) is 21.0 Å². The van der Waals surface area contributed by atoms with Gasteiger partial charge < -0.3 is 4.72 Å². The summed E-state index contributed by atoms with van der Waals surface area (Å²) in [7, 11) is 0. The molecule has 0 aliphatic carbocycles. The minimum absolute atomic E-state index is 0.711. The molecule has 1 aliphatic rings. The van der Waals surface area contributed by atoms with Crippen molar-refractivity contribution in [1.29, 1.82) is 0 Å². The summed E-state index contributed by atoms with van der Waals surface area (Å²) in [6.45, 7) is 0. The van der Waals surface area contributed by atoms with E-state index in [0.717, 1.165) is 27.7 Å². The Morgan fingerprint density at radius 2 is 1.36 bits per heavy atom. The molecule has 3 aromatic carbocycles. The predicted molar refractivity (Wildman–Crippen MR) is 108 cm³/mol. The monoisotopic (exact) mass is 365 g/mol. The van der Waals surface area contributed by atoms with Gasteiger partial charge in [0, 0.05) is 21.0 Å². The Hall–Kier alpha value is -2.56. The fourth-order valence-electron chi connectivity index (χ4n) is 2.51. The third-order valence-electron chi connectivity index (χ3n) is 3.77. The zero-order chi connectivity index (χ0) is 17.1. The van der Waals surface area contributed by atoms with Crippen LogP contribution in [0.25, 0.3) is 0 Å². The van der Waals surface area contributed by atoms with E-state index >= 15 is 0 Å². The molecule has 1 aliphatic heterocycles. The van der Waals surface area contributed by atoms with Gasteiger partial charge in [0.25, 0.3) is 0 Å². The number of aliphatic imine (C=N–C) groups is 1. The Labute approximate surface area is 154 Å². The van der Waals surface area contributed by atoms with Gasteiger partial charge >= 0.3 is 0 Å². The molecule has 25 heavy (non-hydrogen) atoms. The summed E-state index contributed by atoms with van der Waals surface area (Å²) < 4.78 is 8.36. The molecule has 0 spiro atoms. The van der Waals surface area contributed by atoms with E-state index < -0.39 is 11.3 Å². The van der Waals surface area contributed by atoms with Crippen molar-refractivity contribution < 1.29 is 0 Å². The quantitative estimate of drug-likeness (QED) is 0.628. The fourth-order valence-corrected chi connectivity index (χ4v) is 4.12. The Bertz CT molecular complexity index is 922. The van der Waals surface area contributed by atoms with E-state index in [0.29, 0.717) is 5.02 Å². The first-order valence-electron chi connectivity index (χ1n) is 7.90. The molecule has 0 saturated heterocycles. The number of nitrogens with one attached hydrogen (secondary N) is 1. The molecule has 4 rings (SSSR count). The smallest absolute Gasteiger partial charge is 0.169 e. The van der Waals surface area contributed by atoms with Crippen molar-refractivity contribution in [3.8, 4) is 0 Å². The SMILES string of the molecule is Clc1ccc(C2=NC(c3ccccc3)=N[SH](c3ccccc3)N2)cc1. The predicted octanol–water partition coefficient (Wildman–Crippen LogP) is 5.03. The highest BCUT2D eigenvalue weighted by Gasteiger charge is 2.18. The van der Waals surface area contributed by atoms with Crippen molar-refractivity contribution in [2.45, 2.75) is 4.90 Å². The first-order valence-corrected chi connectivity index (χ1v) is 9.57. The lowest BCUT2D eigenvalue weighted by atomic mass is 10.2. The van der Waals surface area contributed by atoms with E-state index in [1.165, 1.54) is 0 Å².